The van der Waals surface area contributed by atoms with Gasteiger partial charge in [-0.25, -0.2) is 4.57 Å². The second-order valence-corrected chi connectivity index (χ2v) is 15.6. The first-order valence-corrected chi connectivity index (χ1v) is 22.5. The molecule has 0 spiro atoms. The van der Waals surface area contributed by atoms with Crippen LogP contribution in [0.4, 0.5) is 0 Å². The fourth-order valence-electron chi connectivity index (χ4n) is 5.61. The van der Waals surface area contributed by atoms with Gasteiger partial charge in [0.25, 0.3) is 0 Å². The van der Waals surface area contributed by atoms with Crippen molar-refractivity contribution < 1.29 is 42.7 Å². The van der Waals surface area contributed by atoms with Crippen LogP contribution < -0.4 is 5.73 Å². The van der Waals surface area contributed by atoms with Crippen LogP contribution in [0.1, 0.15) is 181 Å². The molecule has 0 saturated heterocycles. The van der Waals surface area contributed by atoms with Crippen LogP contribution in [0.3, 0.4) is 0 Å². The smallest absolute Gasteiger partial charge is 0.472 e. The number of esters is 1. The fraction of sp³-hybridized carbons (Fsp3) is 0.810. The molecule has 3 unspecified atom stereocenters. The quantitative estimate of drug-likeness (QED) is 0.0237. The first-order valence-electron chi connectivity index (χ1n) is 21.0. The summed E-state index contributed by atoms with van der Waals surface area (Å²) in [6, 6.07) is -1.47. The van der Waals surface area contributed by atoms with E-state index in [9.17, 15) is 19.0 Å². The van der Waals surface area contributed by atoms with Crippen molar-refractivity contribution in [3.8, 4) is 0 Å². The van der Waals surface area contributed by atoms with E-state index in [0.29, 0.717) is 13.0 Å². The third-order valence-electron chi connectivity index (χ3n) is 8.92. The van der Waals surface area contributed by atoms with Gasteiger partial charge in [-0.05, 0) is 51.4 Å². The van der Waals surface area contributed by atoms with Gasteiger partial charge in [-0.1, -0.05) is 159 Å². The van der Waals surface area contributed by atoms with Gasteiger partial charge in [0.2, 0.25) is 0 Å². The van der Waals surface area contributed by atoms with Crippen LogP contribution >= 0.6 is 7.82 Å². The van der Waals surface area contributed by atoms with Crippen molar-refractivity contribution in [2.75, 3.05) is 26.4 Å². The van der Waals surface area contributed by atoms with Crippen molar-refractivity contribution in [1.82, 2.24) is 0 Å². The fourth-order valence-corrected chi connectivity index (χ4v) is 6.39. The maximum Gasteiger partial charge on any atom is 0.472 e. The number of phosphoric acid groups is 1. The number of rotatable bonds is 40. The molecule has 0 amide bonds. The molecule has 0 aliphatic rings. The second kappa shape index (κ2) is 38.5. The lowest BCUT2D eigenvalue weighted by molar-refractivity contribution is -0.154. The maximum atomic E-state index is 12.5. The van der Waals surface area contributed by atoms with Gasteiger partial charge < -0.3 is 25.2 Å². The van der Waals surface area contributed by atoms with E-state index in [-0.39, 0.29) is 13.0 Å². The summed E-state index contributed by atoms with van der Waals surface area (Å²) in [5.74, 6) is -1.79. The third-order valence-corrected chi connectivity index (χ3v) is 9.87. The molecule has 53 heavy (non-hydrogen) atoms. The number of allylic oxidation sites excluding steroid dienone is 6. The zero-order chi connectivity index (χ0) is 39.1. The normalized spacial score (nSPS) is 14.3. The average Bonchev–Trinajstić information content (AvgIpc) is 3.13. The molecule has 0 aliphatic carbocycles. The minimum absolute atomic E-state index is 0.0117. The Labute approximate surface area is 323 Å². The summed E-state index contributed by atoms with van der Waals surface area (Å²) >= 11 is 0. The molecule has 310 valence electrons. The number of phosphoric ester groups is 1. The highest BCUT2D eigenvalue weighted by molar-refractivity contribution is 7.47. The number of hydrogen-bond acceptors (Lipinski definition) is 8. The molecule has 4 N–H and O–H groups in total. The summed E-state index contributed by atoms with van der Waals surface area (Å²) in [5.41, 5.74) is 5.34. The molecule has 0 aliphatic heterocycles. The number of carbonyl (C=O) groups is 2. The number of nitrogens with two attached hydrogens (primary N) is 1. The molecular weight excluding hydrogens is 693 g/mol. The zero-order valence-corrected chi connectivity index (χ0v) is 34.5. The number of unbranched alkanes of at least 4 members (excludes halogenated alkanes) is 20. The van der Waals surface area contributed by atoms with E-state index in [1.54, 1.807) is 0 Å². The molecule has 10 nitrogen and oxygen atoms in total. The summed E-state index contributed by atoms with van der Waals surface area (Å²) in [4.78, 5) is 33.4. The molecule has 3 atom stereocenters. The third kappa shape index (κ3) is 38.3. The van der Waals surface area contributed by atoms with E-state index >= 15 is 0 Å². The van der Waals surface area contributed by atoms with Gasteiger partial charge in [0.05, 0.1) is 19.8 Å². The van der Waals surface area contributed by atoms with Gasteiger partial charge in [0, 0.05) is 13.0 Å². The Kier molecular flexibility index (Phi) is 37.2. The Hall–Kier alpha value is -1.81. The number of carboxylic acids is 1. The number of ether oxygens (including phenoxy) is 2. The monoisotopic (exact) mass is 772 g/mol. The first-order chi connectivity index (χ1) is 25.7. The lowest BCUT2D eigenvalue weighted by Gasteiger charge is -2.20. The summed E-state index contributed by atoms with van der Waals surface area (Å²) in [5, 5.41) is 8.87. The number of hydrogen-bond donors (Lipinski definition) is 3. The van der Waals surface area contributed by atoms with Gasteiger partial charge in [-0.2, -0.15) is 0 Å². The lowest BCUT2D eigenvalue weighted by Crippen LogP contribution is -2.34. The standard InChI is InChI=1S/C42H78NO9P/c1-3-5-7-9-11-13-14-15-16-17-18-19-20-21-22-23-24-25-27-29-31-33-35-49-36-39(37-50-53(47,48)51-38-40(43)42(45)46)52-41(44)34-32-30-28-26-12-10-8-6-4-2/h14-15,17-18,20-21,39-40H,3-13,16,19,22-38,43H2,1-2H3,(H,45,46)(H,47,48)/b15-14-,18-17-,21-20-. The SMILES string of the molecule is CCCCCCC/C=C\C/C=C\C/C=C\CCCCCCCCCOCC(COP(=O)(O)OCC(N)C(=O)O)OC(=O)CCCCCCCCCCC. The van der Waals surface area contributed by atoms with Crippen molar-refractivity contribution in [2.45, 2.75) is 193 Å². The topological polar surface area (TPSA) is 155 Å². The Morgan fingerprint density at radius 1 is 0.604 bits per heavy atom. The number of aliphatic carboxylic acids is 1. The van der Waals surface area contributed by atoms with Crippen LogP contribution in [-0.4, -0.2) is 60.5 Å². The predicted molar refractivity (Wildman–Crippen MR) is 217 cm³/mol. The van der Waals surface area contributed by atoms with E-state index < -0.39 is 45.1 Å². The van der Waals surface area contributed by atoms with E-state index in [0.717, 1.165) is 57.8 Å². The maximum absolute atomic E-state index is 12.5. The van der Waals surface area contributed by atoms with Gasteiger partial charge in [-0.15, -0.1) is 0 Å². The van der Waals surface area contributed by atoms with Crippen LogP contribution in [0.25, 0.3) is 0 Å². The second-order valence-electron chi connectivity index (χ2n) is 14.1. The van der Waals surface area contributed by atoms with Crippen LogP contribution in [0.5, 0.6) is 0 Å². The Morgan fingerprint density at radius 2 is 1.04 bits per heavy atom. The minimum Gasteiger partial charge on any atom is -0.480 e. The molecule has 0 saturated carbocycles. The molecule has 0 aromatic rings. The molecule has 0 radical (unpaired) electrons. The largest absolute Gasteiger partial charge is 0.480 e. The van der Waals surface area contributed by atoms with Crippen molar-refractivity contribution >= 4 is 19.8 Å². The van der Waals surface area contributed by atoms with Crippen molar-refractivity contribution in [2.24, 2.45) is 5.73 Å². The van der Waals surface area contributed by atoms with Gasteiger partial charge in [0.15, 0.2) is 0 Å². The van der Waals surface area contributed by atoms with Crippen LogP contribution in [-0.2, 0) is 32.7 Å². The highest BCUT2D eigenvalue weighted by Crippen LogP contribution is 2.43. The highest BCUT2D eigenvalue weighted by atomic mass is 31.2. The molecular formula is C42H78NO9P. The summed E-state index contributed by atoms with van der Waals surface area (Å²) in [6.45, 7) is 3.82. The average molecular weight is 772 g/mol. The Bertz CT molecular complexity index is 988. The van der Waals surface area contributed by atoms with E-state index in [1.165, 1.54) is 96.3 Å². The van der Waals surface area contributed by atoms with Crippen LogP contribution in [0.2, 0.25) is 0 Å². The van der Waals surface area contributed by atoms with Crippen molar-refractivity contribution in [3.05, 3.63) is 36.5 Å². The Morgan fingerprint density at radius 3 is 1.55 bits per heavy atom. The van der Waals surface area contributed by atoms with Crippen LogP contribution in [0.15, 0.2) is 36.5 Å². The van der Waals surface area contributed by atoms with E-state index in [4.69, 9.17) is 29.4 Å². The number of carbonyl (C=O) groups excluding carboxylic acids is 1. The van der Waals surface area contributed by atoms with Crippen molar-refractivity contribution in [3.63, 3.8) is 0 Å². The molecule has 0 bridgehead atoms. The molecule has 0 aromatic carbocycles. The van der Waals surface area contributed by atoms with E-state index in [1.807, 2.05) is 0 Å². The molecule has 0 fully saturated rings. The minimum atomic E-state index is -4.61. The summed E-state index contributed by atoms with van der Waals surface area (Å²) in [6.07, 6.45) is 42.1. The molecule has 0 aromatic heterocycles. The Balaban J connectivity index is 4.16. The molecule has 0 rings (SSSR count). The van der Waals surface area contributed by atoms with Gasteiger partial charge in [0.1, 0.15) is 12.1 Å². The zero-order valence-electron chi connectivity index (χ0n) is 33.6. The van der Waals surface area contributed by atoms with E-state index in [2.05, 4.69) is 50.3 Å². The van der Waals surface area contributed by atoms with Crippen LogP contribution in [0, 0.1) is 0 Å². The summed E-state index contributed by atoms with van der Waals surface area (Å²) < 4.78 is 33.2. The number of carboxylic acid groups (broad SMARTS) is 1. The highest BCUT2D eigenvalue weighted by Gasteiger charge is 2.27. The summed E-state index contributed by atoms with van der Waals surface area (Å²) in [7, 11) is -4.61. The first kappa shape index (κ1) is 51.2. The lowest BCUT2D eigenvalue weighted by atomic mass is 10.1. The molecule has 11 heteroatoms. The molecule has 0 heterocycles. The van der Waals surface area contributed by atoms with Gasteiger partial charge >= 0.3 is 19.8 Å². The van der Waals surface area contributed by atoms with Gasteiger partial charge in [-0.3, -0.25) is 18.6 Å². The van der Waals surface area contributed by atoms with Crippen molar-refractivity contribution in [1.29, 1.82) is 0 Å². The predicted octanol–water partition coefficient (Wildman–Crippen LogP) is 11.3.